The summed E-state index contributed by atoms with van der Waals surface area (Å²) < 4.78 is 2.43. The molecular formula is C2H3NSe. The summed E-state index contributed by atoms with van der Waals surface area (Å²) in [4.78, 5) is 3.43. The maximum absolute atomic E-state index is 3.43. The van der Waals surface area contributed by atoms with E-state index in [1.807, 2.05) is 0 Å². The van der Waals surface area contributed by atoms with Crippen LogP contribution in [0.5, 0.6) is 0 Å². The molecule has 0 aliphatic heterocycles. The normalized spacial score (nSPS) is 4.25. The van der Waals surface area contributed by atoms with Crippen molar-refractivity contribution in [1.82, 2.24) is 0 Å². The van der Waals surface area contributed by atoms with Crippen molar-refractivity contribution >= 4 is 20.3 Å². The van der Waals surface area contributed by atoms with Crippen molar-refractivity contribution in [2.24, 2.45) is 4.99 Å². The second kappa shape index (κ2) is 3.10. The van der Waals surface area contributed by atoms with Crippen molar-refractivity contribution in [3.05, 3.63) is 0 Å². The zero-order valence-electron chi connectivity index (χ0n) is 2.36. The predicted octanol–water partition coefficient (Wildman–Crippen LogP) is -0.310. The Bertz CT molecular complexity index is 44.0. The van der Waals surface area contributed by atoms with E-state index >= 15 is 0 Å². The van der Waals surface area contributed by atoms with Crippen LogP contribution in [0.15, 0.2) is 4.99 Å². The molecule has 4 heavy (non-hydrogen) atoms. The van der Waals surface area contributed by atoms with Crippen molar-refractivity contribution in [3.8, 4) is 0 Å². The molecule has 0 N–H and O–H groups in total. The van der Waals surface area contributed by atoms with E-state index in [1.165, 1.54) is 0 Å². The fourth-order valence-corrected chi connectivity index (χ4v) is 0. The van der Waals surface area contributed by atoms with E-state index in [-0.39, 0.29) is 0 Å². The van der Waals surface area contributed by atoms with Crippen molar-refractivity contribution in [1.29, 1.82) is 0 Å². The van der Waals surface area contributed by atoms with E-state index in [4.69, 9.17) is 0 Å². The summed E-state index contributed by atoms with van der Waals surface area (Å²) in [5, 5.41) is 0. The Balaban J connectivity index is 3.11. The second-order valence-corrected chi connectivity index (χ2v) is 0.698. The van der Waals surface area contributed by atoms with Gasteiger partial charge >= 0.3 is 32.3 Å². The molecule has 0 aliphatic carbocycles. The zero-order chi connectivity index (χ0) is 3.41. The van der Waals surface area contributed by atoms with Crippen molar-refractivity contribution in [2.75, 3.05) is 7.05 Å². The Morgan fingerprint density at radius 1 is 2.00 bits per heavy atom. The molecular weight excluding hydrogens is 117 g/mol. The van der Waals surface area contributed by atoms with Crippen LogP contribution in [0.2, 0.25) is 0 Å². The quantitative estimate of drug-likeness (QED) is 0.307. The van der Waals surface area contributed by atoms with Gasteiger partial charge in [0.15, 0.2) is 0 Å². The molecule has 0 aliphatic rings. The van der Waals surface area contributed by atoms with Gasteiger partial charge in [-0.2, -0.15) is 0 Å². The van der Waals surface area contributed by atoms with Gasteiger partial charge in [0.1, 0.15) is 0 Å². The van der Waals surface area contributed by atoms with E-state index in [1.54, 1.807) is 7.05 Å². The number of hydrogen-bond acceptors (Lipinski definition) is 1. The van der Waals surface area contributed by atoms with Gasteiger partial charge in [-0.05, 0) is 0 Å². The molecule has 0 amide bonds. The Morgan fingerprint density at radius 2 is 2.25 bits per heavy atom. The topological polar surface area (TPSA) is 12.4 Å². The van der Waals surface area contributed by atoms with Gasteiger partial charge in [0, 0.05) is 0 Å². The number of rotatable bonds is 0. The fourth-order valence-electron chi connectivity index (χ4n) is 0. The Labute approximate surface area is 33.1 Å². The summed E-state index contributed by atoms with van der Waals surface area (Å²) in [5.74, 6) is 0. The van der Waals surface area contributed by atoms with Crippen LogP contribution in [-0.4, -0.2) is 27.3 Å². The Hall–Kier alpha value is 0.0995. The molecule has 0 aromatic carbocycles. The van der Waals surface area contributed by atoms with Crippen molar-refractivity contribution < 1.29 is 0 Å². The molecule has 0 radical (unpaired) electrons. The molecule has 0 heterocycles. The Kier molecular flexibility index (Phi) is 3.18. The molecule has 2 heteroatoms. The molecule has 1 nitrogen and oxygen atoms in total. The first-order valence-electron chi connectivity index (χ1n) is 0.875. The van der Waals surface area contributed by atoms with Gasteiger partial charge in [0.25, 0.3) is 0 Å². The first-order valence-corrected chi connectivity index (χ1v) is 1.73. The van der Waals surface area contributed by atoms with Crippen LogP contribution >= 0.6 is 0 Å². The molecule has 0 fully saturated rings. The number of nitrogens with zero attached hydrogens (tertiary/aromatic N) is 1. The third kappa shape index (κ3) is 2.10. The van der Waals surface area contributed by atoms with Crippen LogP contribution in [0.1, 0.15) is 0 Å². The third-order valence-electron chi connectivity index (χ3n) is 0.0913. The van der Waals surface area contributed by atoms with E-state index in [9.17, 15) is 0 Å². The molecule has 0 bridgehead atoms. The molecule has 0 aromatic heterocycles. The van der Waals surface area contributed by atoms with Gasteiger partial charge in [-0.15, -0.1) is 0 Å². The maximum atomic E-state index is 3.43. The van der Waals surface area contributed by atoms with Gasteiger partial charge in [-0.3, -0.25) is 0 Å². The van der Waals surface area contributed by atoms with Crippen LogP contribution in [0.4, 0.5) is 0 Å². The number of hydrogen-bond donors (Lipinski definition) is 0. The van der Waals surface area contributed by atoms with E-state index in [0.29, 0.717) is 0 Å². The van der Waals surface area contributed by atoms with E-state index in [2.05, 4.69) is 25.3 Å². The summed E-state index contributed by atoms with van der Waals surface area (Å²) in [5.41, 5.74) is 0. The van der Waals surface area contributed by atoms with Crippen LogP contribution in [0.3, 0.4) is 0 Å². The second-order valence-electron chi connectivity index (χ2n) is 0.315. The van der Waals surface area contributed by atoms with Crippen molar-refractivity contribution in [3.63, 3.8) is 0 Å². The fraction of sp³-hybridized carbons (Fsp3) is 0.500. The summed E-state index contributed by atoms with van der Waals surface area (Å²) in [6.07, 6.45) is 0. The summed E-state index contributed by atoms with van der Waals surface area (Å²) in [6.45, 7) is 0. The van der Waals surface area contributed by atoms with Gasteiger partial charge in [-0.1, -0.05) is 0 Å². The molecule has 0 saturated carbocycles. The van der Waals surface area contributed by atoms with Gasteiger partial charge in [-0.25, -0.2) is 0 Å². The standard InChI is InChI=1S/C2H3NSe/c1-3-2-4/h1H3. The summed E-state index contributed by atoms with van der Waals surface area (Å²) in [7, 11) is 1.66. The summed E-state index contributed by atoms with van der Waals surface area (Å²) in [6, 6.07) is 0. The van der Waals surface area contributed by atoms with Gasteiger partial charge in [0.05, 0.1) is 0 Å². The molecule has 0 atom stereocenters. The first kappa shape index (κ1) is 4.10. The van der Waals surface area contributed by atoms with E-state index < -0.39 is 0 Å². The monoisotopic (exact) mass is 121 g/mol. The van der Waals surface area contributed by atoms with Crippen molar-refractivity contribution in [2.45, 2.75) is 0 Å². The van der Waals surface area contributed by atoms with Crippen LogP contribution in [0.25, 0.3) is 0 Å². The average Bonchev–Trinajstić information content (AvgIpc) is 1.37. The minimum absolute atomic E-state index is 1.66. The first-order chi connectivity index (χ1) is 1.91. The molecule has 22 valence electrons. The molecule has 0 unspecified atom stereocenters. The zero-order valence-corrected chi connectivity index (χ0v) is 4.07. The van der Waals surface area contributed by atoms with E-state index in [0.717, 1.165) is 0 Å². The Morgan fingerprint density at radius 3 is 2.25 bits per heavy atom. The molecule has 0 saturated heterocycles. The third-order valence-corrected chi connectivity index (χ3v) is 0.474. The summed E-state index contributed by atoms with van der Waals surface area (Å²) >= 11 is 2.48. The minimum atomic E-state index is 1.66. The number of aliphatic imine (C=N–C) groups is 1. The molecule has 0 aromatic rings. The average molecular weight is 120 g/mol. The SMILES string of the molecule is CN=C=[Se]. The molecule has 0 rings (SSSR count). The van der Waals surface area contributed by atoms with Gasteiger partial charge < -0.3 is 0 Å². The van der Waals surface area contributed by atoms with Gasteiger partial charge in [0.2, 0.25) is 0 Å². The van der Waals surface area contributed by atoms with Crippen LogP contribution in [-0.2, 0) is 0 Å². The predicted molar refractivity (Wildman–Crippen MR) is 19.1 cm³/mol. The van der Waals surface area contributed by atoms with Crippen LogP contribution < -0.4 is 0 Å². The molecule has 0 spiro atoms. The van der Waals surface area contributed by atoms with Crippen LogP contribution in [0, 0.1) is 0 Å².